The van der Waals surface area contributed by atoms with E-state index in [2.05, 4.69) is 33.9 Å². The Morgan fingerprint density at radius 3 is 2.65 bits per heavy atom. The van der Waals surface area contributed by atoms with Gasteiger partial charge in [0.2, 0.25) is 5.91 Å². The molecule has 0 atom stereocenters. The maximum Gasteiger partial charge on any atom is 0.251 e. The van der Waals surface area contributed by atoms with Gasteiger partial charge in [0, 0.05) is 57.0 Å². The molecule has 0 spiro atoms. The minimum absolute atomic E-state index is 0.107. The van der Waals surface area contributed by atoms with E-state index in [9.17, 15) is 9.59 Å². The number of carbonyl (C=O) groups is 1. The molecule has 26 heavy (non-hydrogen) atoms. The van der Waals surface area contributed by atoms with Crippen LogP contribution in [0.15, 0.2) is 35.1 Å². The van der Waals surface area contributed by atoms with Crippen LogP contribution in [0.3, 0.4) is 0 Å². The molecule has 1 aromatic heterocycles. The smallest absolute Gasteiger partial charge is 0.251 e. The lowest BCUT2D eigenvalue weighted by molar-refractivity contribution is -0.130. The average molecular weight is 354 g/mol. The zero-order chi connectivity index (χ0) is 18.5. The maximum absolute atomic E-state index is 11.9. The lowest BCUT2D eigenvalue weighted by Crippen LogP contribution is -2.47. The number of aryl methyl sites for hydroxylation is 1. The highest BCUT2D eigenvalue weighted by Gasteiger charge is 2.18. The summed E-state index contributed by atoms with van der Waals surface area (Å²) >= 11 is 0. The molecule has 6 heteroatoms. The van der Waals surface area contributed by atoms with Crippen molar-refractivity contribution in [1.82, 2.24) is 19.8 Å². The van der Waals surface area contributed by atoms with Gasteiger partial charge >= 0.3 is 0 Å². The zero-order valence-electron chi connectivity index (χ0n) is 15.5. The van der Waals surface area contributed by atoms with E-state index in [0.29, 0.717) is 5.82 Å². The Hall–Kier alpha value is -2.47. The number of hydrogen-bond donors (Lipinski definition) is 1. The van der Waals surface area contributed by atoms with Crippen LogP contribution in [-0.2, 0) is 17.8 Å². The lowest BCUT2D eigenvalue weighted by atomic mass is 10.1. The lowest BCUT2D eigenvalue weighted by Gasteiger charge is -2.34. The van der Waals surface area contributed by atoms with Crippen molar-refractivity contribution in [2.45, 2.75) is 33.2 Å². The standard InChI is InChI=1S/C20H26N4O2/c1-3-5-18-13-19(26)22-20(21-18)17-7-4-6-16(12-17)14-23-8-10-24(11-9-23)15(2)25/h4,6-7,12-13H,3,5,8-11,14H2,1-2H3,(H,21,22,26). The number of nitrogens with zero attached hydrogens (tertiary/aromatic N) is 3. The third-order valence-corrected chi connectivity index (χ3v) is 4.73. The molecule has 2 heterocycles. The van der Waals surface area contributed by atoms with E-state index in [1.807, 2.05) is 17.0 Å². The number of hydrogen-bond acceptors (Lipinski definition) is 4. The van der Waals surface area contributed by atoms with Crippen molar-refractivity contribution in [2.24, 2.45) is 0 Å². The molecular formula is C20H26N4O2. The summed E-state index contributed by atoms with van der Waals surface area (Å²) in [4.78, 5) is 35.0. The molecule has 0 saturated carbocycles. The second-order valence-electron chi connectivity index (χ2n) is 6.82. The summed E-state index contributed by atoms with van der Waals surface area (Å²) in [7, 11) is 0. The highest BCUT2D eigenvalue weighted by atomic mass is 16.2. The highest BCUT2D eigenvalue weighted by molar-refractivity contribution is 5.73. The van der Waals surface area contributed by atoms with Crippen LogP contribution in [0.5, 0.6) is 0 Å². The molecule has 1 aliphatic heterocycles. The minimum atomic E-state index is -0.107. The monoisotopic (exact) mass is 354 g/mol. The van der Waals surface area contributed by atoms with Crippen molar-refractivity contribution in [3.63, 3.8) is 0 Å². The van der Waals surface area contributed by atoms with Crippen LogP contribution < -0.4 is 5.56 Å². The van der Waals surface area contributed by atoms with Crippen molar-refractivity contribution in [1.29, 1.82) is 0 Å². The van der Waals surface area contributed by atoms with Gasteiger partial charge in [0.1, 0.15) is 5.82 Å². The largest absolute Gasteiger partial charge is 0.340 e. The van der Waals surface area contributed by atoms with Gasteiger partial charge in [-0.05, 0) is 18.1 Å². The molecule has 1 aromatic carbocycles. The quantitative estimate of drug-likeness (QED) is 0.892. The van der Waals surface area contributed by atoms with E-state index in [0.717, 1.165) is 56.8 Å². The fourth-order valence-corrected chi connectivity index (χ4v) is 3.32. The van der Waals surface area contributed by atoms with Gasteiger partial charge in [-0.15, -0.1) is 0 Å². The first kappa shape index (κ1) is 18.3. The molecule has 6 nitrogen and oxygen atoms in total. The molecule has 3 rings (SSSR count). The normalized spacial score (nSPS) is 15.2. The van der Waals surface area contributed by atoms with Gasteiger partial charge in [-0.1, -0.05) is 31.5 Å². The van der Waals surface area contributed by atoms with Crippen molar-refractivity contribution < 1.29 is 4.79 Å². The topological polar surface area (TPSA) is 69.3 Å². The summed E-state index contributed by atoms with van der Waals surface area (Å²) < 4.78 is 0. The van der Waals surface area contributed by atoms with Crippen molar-refractivity contribution in [3.05, 3.63) is 51.9 Å². The number of nitrogens with one attached hydrogen (secondary N) is 1. The van der Waals surface area contributed by atoms with Crippen LogP contribution >= 0.6 is 0 Å². The predicted octanol–water partition coefficient (Wildman–Crippen LogP) is 2.05. The average Bonchev–Trinajstić information content (AvgIpc) is 2.62. The van der Waals surface area contributed by atoms with Crippen LogP contribution in [0.25, 0.3) is 11.4 Å². The van der Waals surface area contributed by atoms with Gasteiger partial charge in [0.25, 0.3) is 5.56 Å². The van der Waals surface area contributed by atoms with Crippen LogP contribution in [0.4, 0.5) is 0 Å². The Kier molecular flexibility index (Phi) is 5.83. The number of amides is 1. The molecule has 0 aliphatic carbocycles. The van der Waals surface area contributed by atoms with Gasteiger partial charge in [0.15, 0.2) is 0 Å². The van der Waals surface area contributed by atoms with Crippen LogP contribution in [0, 0.1) is 0 Å². The molecule has 0 radical (unpaired) electrons. The minimum Gasteiger partial charge on any atom is -0.340 e. The maximum atomic E-state index is 11.9. The van der Waals surface area contributed by atoms with Gasteiger partial charge in [-0.3, -0.25) is 14.5 Å². The van der Waals surface area contributed by atoms with E-state index < -0.39 is 0 Å². The second kappa shape index (κ2) is 8.27. The Morgan fingerprint density at radius 1 is 1.19 bits per heavy atom. The van der Waals surface area contributed by atoms with Crippen LogP contribution in [0.1, 0.15) is 31.5 Å². The predicted molar refractivity (Wildman–Crippen MR) is 102 cm³/mol. The second-order valence-corrected chi connectivity index (χ2v) is 6.82. The molecule has 1 fully saturated rings. The third kappa shape index (κ3) is 4.58. The molecule has 0 unspecified atom stereocenters. The molecule has 138 valence electrons. The summed E-state index contributed by atoms with van der Waals surface area (Å²) in [5.41, 5.74) is 2.84. The number of carbonyl (C=O) groups excluding carboxylic acids is 1. The van der Waals surface area contributed by atoms with Crippen LogP contribution in [-0.4, -0.2) is 51.9 Å². The number of H-pyrrole nitrogens is 1. The number of aromatic nitrogens is 2. The van der Waals surface area contributed by atoms with Crippen molar-refractivity contribution in [3.8, 4) is 11.4 Å². The fourth-order valence-electron chi connectivity index (χ4n) is 3.32. The number of benzene rings is 1. The summed E-state index contributed by atoms with van der Waals surface area (Å²) in [6.07, 6.45) is 1.76. The van der Waals surface area contributed by atoms with Crippen LogP contribution in [0.2, 0.25) is 0 Å². The first-order valence-electron chi connectivity index (χ1n) is 9.22. The first-order chi connectivity index (χ1) is 12.5. The number of piperazine rings is 1. The van der Waals surface area contributed by atoms with E-state index in [4.69, 9.17) is 0 Å². The van der Waals surface area contributed by atoms with Gasteiger partial charge in [-0.2, -0.15) is 0 Å². The Bertz CT molecular complexity index is 823. The van der Waals surface area contributed by atoms with Gasteiger partial charge in [-0.25, -0.2) is 4.98 Å². The molecule has 2 aromatic rings. The fraction of sp³-hybridized carbons (Fsp3) is 0.450. The molecule has 1 saturated heterocycles. The van der Waals surface area contributed by atoms with E-state index in [1.54, 1.807) is 13.0 Å². The molecule has 0 bridgehead atoms. The Labute approximate surface area is 153 Å². The van der Waals surface area contributed by atoms with E-state index in [-0.39, 0.29) is 11.5 Å². The third-order valence-electron chi connectivity index (χ3n) is 4.73. The van der Waals surface area contributed by atoms with Crippen molar-refractivity contribution >= 4 is 5.91 Å². The van der Waals surface area contributed by atoms with Crippen molar-refractivity contribution in [2.75, 3.05) is 26.2 Å². The Balaban J connectivity index is 1.73. The first-order valence-corrected chi connectivity index (χ1v) is 9.22. The summed E-state index contributed by atoms with van der Waals surface area (Å²) in [5, 5.41) is 0. The number of rotatable bonds is 5. The van der Waals surface area contributed by atoms with Gasteiger partial charge < -0.3 is 9.88 Å². The summed E-state index contributed by atoms with van der Waals surface area (Å²) in [6, 6.07) is 9.74. The molecular weight excluding hydrogens is 328 g/mol. The Morgan fingerprint density at radius 2 is 1.96 bits per heavy atom. The molecule has 1 amide bonds. The highest BCUT2D eigenvalue weighted by Crippen LogP contribution is 2.18. The molecule has 1 aliphatic rings. The van der Waals surface area contributed by atoms with E-state index in [1.165, 1.54) is 5.56 Å². The van der Waals surface area contributed by atoms with Gasteiger partial charge in [0.05, 0.1) is 0 Å². The van der Waals surface area contributed by atoms with E-state index >= 15 is 0 Å². The zero-order valence-corrected chi connectivity index (χ0v) is 15.5. The number of aromatic amines is 1. The molecule has 1 N–H and O–H groups in total. The summed E-state index contributed by atoms with van der Waals surface area (Å²) in [5.74, 6) is 0.776. The summed E-state index contributed by atoms with van der Waals surface area (Å²) in [6.45, 7) is 7.86. The SMILES string of the molecule is CCCc1cc(=O)[nH]c(-c2cccc(CN3CCN(C(C)=O)CC3)c2)n1.